The lowest BCUT2D eigenvalue weighted by atomic mass is 9.84. The molecule has 0 unspecified atom stereocenters. The zero-order valence-electron chi connectivity index (χ0n) is 17.0. The van der Waals surface area contributed by atoms with Gasteiger partial charge >= 0.3 is 6.03 Å². The molecule has 0 spiro atoms. The fourth-order valence-electron chi connectivity index (χ4n) is 4.10. The second-order valence-corrected chi connectivity index (χ2v) is 8.10. The Labute approximate surface area is 181 Å². The summed E-state index contributed by atoms with van der Waals surface area (Å²) in [5.41, 5.74) is 7.06. The molecule has 1 aliphatic rings. The molecule has 0 heterocycles. The second-order valence-electron chi connectivity index (χ2n) is 7.70. The molecular formula is C23H26ClN3O3. The van der Waals surface area contributed by atoms with E-state index in [9.17, 15) is 14.4 Å². The fraction of sp³-hybridized carbons (Fsp3) is 0.348. The Hall–Kier alpha value is -2.86. The molecule has 0 radical (unpaired) electrons. The number of nitrogens with two attached hydrogens (primary N) is 1. The van der Waals surface area contributed by atoms with Gasteiger partial charge in [-0.1, -0.05) is 41.9 Å². The molecule has 3 rings (SSSR count). The van der Waals surface area contributed by atoms with E-state index in [4.69, 9.17) is 17.3 Å². The predicted molar refractivity (Wildman–Crippen MR) is 118 cm³/mol. The van der Waals surface area contributed by atoms with E-state index >= 15 is 0 Å². The maximum Gasteiger partial charge on any atom is 0.319 e. The summed E-state index contributed by atoms with van der Waals surface area (Å²) in [6, 6.07) is 13.6. The van der Waals surface area contributed by atoms with Crippen LogP contribution >= 0.6 is 11.6 Å². The highest BCUT2D eigenvalue weighted by molar-refractivity contribution is 6.33. The summed E-state index contributed by atoms with van der Waals surface area (Å²) in [6.07, 6.45) is 4.10. The number of nitrogens with zero attached hydrogens (tertiary/aromatic N) is 2. The van der Waals surface area contributed by atoms with Gasteiger partial charge in [0.25, 0.3) is 5.91 Å². The highest BCUT2D eigenvalue weighted by Crippen LogP contribution is 2.32. The van der Waals surface area contributed by atoms with Gasteiger partial charge in [-0.15, -0.1) is 0 Å². The number of carbonyl (C=O) groups is 3. The second kappa shape index (κ2) is 9.76. The van der Waals surface area contributed by atoms with Crippen LogP contribution in [0.1, 0.15) is 46.4 Å². The Morgan fingerprint density at radius 3 is 2.33 bits per heavy atom. The summed E-state index contributed by atoms with van der Waals surface area (Å²) >= 11 is 6.24. The lowest BCUT2D eigenvalue weighted by Crippen LogP contribution is -2.43. The summed E-state index contributed by atoms with van der Waals surface area (Å²) in [5.74, 6) is 0.131. The quantitative estimate of drug-likeness (QED) is 0.695. The number of urea groups is 1. The minimum atomic E-state index is -0.525. The number of aldehydes is 1. The average Bonchev–Trinajstić information content (AvgIpc) is 2.77. The number of primary amides is 1. The molecule has 0 saturated heterocycles. The molecule has 158 valence electrons. The molecule has 0 atom stereocenters. The maximum absolute atomic E-state index is 12.9. The van der Waals surface area contributed by atoms with E-state index in [1.54, 1.807) is 48.3 Å². The minimum Gasteiger partial charge on any atom is -0.351 e. The Morgan fingerprint density at radius 2 is 1.70 bits per heavy atom. The van der Waals surface area contributed by atoms with Crippen LogP contribution in [-0.2, 0) is 0 Å². The Morgan fingerprint density at radius 1 is 1.07 bits per heavy atom. The van der Waals surface area contributed by atoms with Gasteiger partial charge in [0.2, 0.25) is 0 Å². The first-order valence-electron chi connectivity index (χ1n) is 10.0. The lowest BCUT2D eigenvalue weighted by molar-refractivity contribution is 0.0675. The third-order valence-corrected chi connectivity index (χ3v) is 6.17. The number of anilines is 1. The van der Waals surface area contributed by atoms with Gasteiger partial charge in [0.1, 0.15) is 0 Å². The van der Waals surface area contributed by atoms with Gasteiger partial charge < -0.3 is 10.6 Å². The highest BCUT2D eigenvalue weighted by Gasteiger charge is 2.30. The molecule has 0 aliphatic heterocycles. The number of amides is 3. The predicted octanol–water partition coefficient (Wildman–Crippen LogP) is 4.37. The summed E-state index contributed by atoms with van der Waals surface area (Å²) in [7, 11) is 1.79. The van der Waals surface area contributed by atoms with Crippen molar-refractivity contribution in [1.29, 1.82) is 0 Å². The van der Waals surface area contributed by atoms with E-state index < -0.39 is 6.03 Å². The Bertz CT molecular complexity index is 925. The van der Waals surface area contributed by atoms with Gasteiger partial charge in [-0.05, 0) is 49.8 Å². The fourth-order valence-corrected chi connectivity index (χ4v) is 4.34. The van der Waals surface area contributed by atoms with Gasteiger partial charge in [-0.2, -0.15) is 0 Å². The third-order valence-electron chi connectivity index (χ3n) is 5.85. The standard InChI is InChI=1S/C23H26ClN3O3/c1-26(22(29)19-7-3-2-6-17(19)15-28)18-12-10-16(11-13-18)14-27(23(25)30)21-9-5-4-8-20(21)24/h2-9,15-16,18H,10-14H2,1H3,(H2,25,30). The van der Waals surface area contributed by atoms with Crippen LogP contribution < -0.4 is 10.6 Å². The number of carbonyl (C=O) groups excluding carboxylic acids is 3. The van der Waals surface area contributed by atoms with Crippen LogP contribution in [-0.4, -0.2) is 42.8 Å². The van der Waals surface area contributed by atoms with Gasteiger partial charge in [-0.25, -0.2) is 4.79 Å². The highest BCUT2D eigenvalue weighted by atomic mass is 35.5. The smallest absolute Gasteiger partial charge is 0.319 e. The molecule has 6 nitrogen and oxygen atoms in total. The molecular weight excluding hydrogens is 402 g/mol. The SMILES string of the molecule is CN(C(=O)c1ccccc1C=O)C1CCC(CN(C(N)=O)c2ccccc2Cl)CC1. The van der Waals surface area contributed by atoms with Crippen molar-refractivity contribution in [1.82, 2.24) is 4.90 Å². The van der Waals surface area contributed by atoms with Crippen LogP contribution in [0.2, 0.25) is 5.02 Å². The molecule has 1 aliphatic carbocycles. The molecule has 0 aromatic heterocycles. The van der Waals surface area contributed by atoms with Crippen molar-refractivity contribution < 1.29 is 14.4 Å². The number of rotatable bonds is 6. The molecule has 2 N–H and O–H groups in total. The van der Waals surface area contributed by atoms with Crippen molar-refractivity contribution >= 4 is 35.5 Å². The summed E-state index contributed by atoms with van der Waals surface area (Å²) in [6.45, 7) is 0.497. The maximum atomic E-state index is 12.9. The normalized spacial score (nSPS) is 18.5. The van der Waals surface area contributed by atoms with Crippen LogP contribution in [0.25, 0.3) is 0 Å². The van der Waals surface area contributed by atoms with Crippen LogP contribution in [0.4, 0.5) is 10.5 Å². The first-order chi connectivity index (χ1) is 14.4. The zero-order valence-corrected chi connectivity index (χ0v) is 17.7. The van der Waals surface area contributed by atoms with Gasteiger partial charge in [-0.3, -0.25) is 14.5 Å². The van der Waals surface area contributed by atoms with Gasteiger partial charge in [0.15, 0.2) is 6.29 Å². The monoisotopic (exact) mass is 427 g/mol. The summed E-state index contributed by atoms with van der Waals surface area (Å²) in [4.78, 5) is 39.4. The molecule has 2 aromatic carbocycles. The number of hydrogen-bond donors (Lipinski definition) is 1. The van der Waals surface area contributed by atoms with Crippen LogP contribution in [0, 0.1) is 5.92 Å². The van der Waals surface area contributed by atoms with Crippen LogP contribution in [0.5, 0.6) is 0 Å². The molecule has 2 aromatic rings. The number of hydrogen-bond acceptors (Lipinski definition) is 3. The molecule has 3 amide bonds. The van der Waals surface area contributed by atoms with E-state index in [0.717, 1.165) is 25.7 Å². The number of para-hydroxylation sites is 1. The first kappa shape index (κ1) is 21.8. The van der Waals surface area contributed by atoms with Gasteiger partial charge in [0.05, 0.1) is 16.3 Å². The lowest BCUT2D eigenvalue weighted by Gasteiger charge is -2.36. The molecule has 1 saturated carbocycles. The number of benzene rings is 2. The van der Waals surface area contributed by atoms with Crippen molar-refractivity contribution in [3.8, 4) is 0 Å². The average molecular weight is 428 g/mol. The first-order valence-corrected chi connectivity index (χ1v) is 10.4. The zero-order chi connectivity index (χ0) is 21.7. The van der Waals surface area contributed by atoms with Crippen molar-refractivity contribution in [2.75, 3.05) is 18.5 Å². The molecule has 7 heteroatoms. The molecule has 1 fully saturated rings. The molecule has 30 heavy (non-hydrogen) atoms. The van der Waals surface area contributed by atoms with E-state index in [0.29, 0.717) is 34.7 Å². The topological polar surface area (TPSA) is 83.7 Å². The molecule has 0 bridgehead atoms. The largest absolute Gasteiger partial charge is 0.351 e. The number of halogens is 1. The van der Waals surface area contributed by atoms with E-state index in [1.807, 2.05) is 12.1 Å². The Balaban J connectivity index is 1.62. The van der Waals surface area contributed by atoms with E-state index in [2.05, 4.69) is 0 Å². The van der Waals surface area contributed by atoms with Gasteiger partial charge in [0, 0.05) is 25.2 Å². The summed E-state index contributed by atoms with van der Waals surface area (Å²) < 4.78 is 0. The minimum absolute atomic E-state index is 0.0933. The van der Waals surface area contributed by atoms with E-state index in [-0.39, 0.29) is 17.9 Å². The van der Waals surface area contributed by atoms with Crippen LogP contribution in [0.3, 0.4) is 0 Å². The van der Waals surface area contributed by atoms with Crippen LogP contribution in [0.15, 0.2) is 48.5 Å². The van der Waals surface area contributed by atoms with E-state index in [1.165, 1.54) is 4.90 Å². The third kappa shape index (κ3) is 4.82. The summed E-state index contributed by atoms with van der Waals surface area (Å²) in [5, 5.41) is 0.490. The van der Waals surface area contributed by atoms with Crippen molar-refractivity contribution in [2.45, 2.75) is 31.7 Å². The van der Waals surface area contributed by atoms with Crippen molar-refractivity contribution in [3.05, 3.63) is 64.7 Å². The van der Waals surface area contributed by atoms with Crippen molar-refractivity contribution in [2.24, 2.45) is 11.7 Å². The Kier molecular flexibility index (Phi) is 7.11. The van der Waals surface area contributed by atoms with Crippen molar-refractivity contribution in [3.63, 3.8) is 0 Å².